The van der Waals surface area contributed by atoms with Crippen LogP contribution in [0.3, 0.4) is 0 Å². The van der Waals surface area contributed by atoms with E-state index in [0.29, 0.717) is 25.2 Å². The summed E-state index contributed by atoms with van der Waals surface area (Å²) in [5.74, 6) is 0.749. The van der Waals surface area contributed by atoms with Gasteiger partial charge in [-0.2, -0.15) is 0 Å². The molecule has 0 spiro atoms. The summed E-state index contributed by atoms with van der Waals surface area (Å²) in [7, 11) is 0. The minimum Gasteiger partial charge on any atom is -0.385 e. The van der Waals surface area contributed by atoms with E-state index in [1.165, 1.54) is 6.21 Å². The highest BCUT2D eigenvalue weighted by atomic mass is 32.1. The number of thiophene rings is 1. The van der Waals surface area contributed by atoms with E-state index < -0.39 is 6.10 Å². The molecule has 8 heteroatoms. The molecule has 3 aromatic rings. The van der Waals surface area contributed by atoms with Crippen molar-refractivity contribution in [3.63, 3.8) is 0 Å². The Bertz CT molecular complexity index is 1110. The minimum absolute atomic E-state index is 0.0638. The monoisotopic (exact) mass is 425 g/mol. The second kappa shape index (κ2) is 8.65. The third-order valence-electron chi connectivity index (χ3n) is 5.82. The number of aliphatic hydroxyl groups is 1. The molecule has 158 valence electrons. The van der Waals surface area contributed by atoms with Crippen LogP contribution in [0.4, 0.5) is 0 Å². The zero-order valence-electron chi connectivity index (χ0n) is 17.3. The van der Waals surface area contributed by atoms with E-state index >= 15 is 0 Å². The fraction of sp³-hybridized carbons (Fsp3) is 0.455. The van der Waals surface area contributed by atoms with Gasteiger partial charge in [0.15, 0.2) is 0 Å². The van der Waals surface area contributed by atoms with E-state index in [9.17, 15) is 9.90 Å². The molecule has 1 fully saturated rings. The molecule has 0 saturated carbocycles. The van der Waals surface area contributed by atoms with Crippen LogP contribution in [0.1, 0.15) is 57.5 Å². The van der Waals surface area contributed by atoms with Gasteiger partial charge < -0.3 is 20.0 Å². The number of amides is 1. The highest BCUT2D eigenvalue weighted by Crippen LogP contribution is 2.35. The molecule has 0 aliphatic carbocycles. The molecule has 0 radical (unpaired) electrons. The largest absolute Gasteiger partial charge is 0.385 e. The van der Waals surface area contributed by atoms with Crippen LogP contribution >= 0.6 is 11.3 Å². The highest BCUT2D eigenvalue weighted by molar-refractivity contribution is 7.18. The maximum absolute atomic E-state index is 12.8. The summed E-state index contributed by atoms with van der Waals surface area (Å²) in [4.78, 5) is 24.0. The normalized spacial score (nSPS) is 18.8. The van der Waals surface area contributed by atoms with Crippen molar-refractivity contribution in [2.45, 2.75) is 51.7 Å². The molecule has 4 heterocycles. The predicted molar refractivity (Wildman–Crippen MR) is 120 cm³/mol. The third kappa shape index (κ3) is 3.77. The first kappa shape index (κ1) is 20.7. The third-order valence-corrected chi connectivity index (χ3v) is 6.73. The molecule has 2 N–H and O–H groups in total. The number of likely N-dealkylation sites (tertiary alicyclic amines) is 1. The Balaban J connectivity index is 1.66. The first-order chi connectivity index (χ1) is 14.5. The Morgan fingerprint density at radius 1 is 1.43 bits per heavy atom. The van der Waals surface area contributed by atoms with Crippen molar-refractivity contribution in [3.8, 4) is 0 Å². The number of rotatable bonds is 6. The van der Waals surface area contributed by atoms with E-state index in [1.807, 2.05) is 29.3 Å². The van der Waals surface area contributed by atoms with Crippen molar-refractivity contribution in [1.82, 2.24) is 19.4 Å². The highest BCUT2D eigenvalue weighted by Gasteiger charge is 2.29. The maximum Gasteiger partial charge on any atom is 0.222 e. The fourth-order valence-corrected chi connectivity index (χ4v) is 5.15. The van der Waals surface area contributed by atoms with Crippen LogP contribution in [-0.2, 0) is 4.79 Å². The second-order valence-corrected chi connectivity index (χ2v) is 8.70. The molecule has 1 saturated heterocycles. The van der Waals surface area contributed by atoms with E-state index in [2.05, 4.69) is 14.5 Å². The number of piperidine rings is 1. The fourth-order valence-electron chi connectivity index (χ4n) is 4.26. The summed E-state index contributed by atoms with van der Waals surface area (Å²) in [5, 5.41) is 19.9. The average molecular weight is 426 g/mol. The molecule has 1 amide bonds. The lowest BCUT2D eigenvalue weighted by molar-refractivity contribution is -0.132. The lowest BCUT2D eigenvalue weighted by atomic mass is 10.0. The van der Waals surface area contributed by atoms with Crippen LogP contribution in [-0.4, -0.2) is 49.8 Å². The Labute approximate surface area is 179 Å². The van der Waals surface area contributed by atoms with Gasteiger partial charge in [0.05, 0.1) is 28.0 Å². The summed E-state index contributed by atoms with van der Waals surface area (Å²) in [6.07, 6.45) is 7.12. The van der Waals surface area contributed by atoms with Gasteiger partial charge in [-0.25, -0.2) is 4.98 Å². The molecule has 7 nitrogen and oxygen atoms in total. The van der Waals surface area contributed by atoms with Gasteiger partial charge >= 0.3 is 0 Å². The van der Waals surface area contributed by atoms with E-state index in [0.717, 1.165) is 46.2 Å². The van der Waals surface area contributed by atoms with Crippen molar-refractivity contribution >= 4 is 44.7 Å². The molecule has 1 aliphatic rings. The van der Waals surface area contributed by atoms with E-state index in [1.54, 1.807) is 24.5 Å². The second-order valence-electron chi connectivity index (χ2n) is 7.79. The first-order valence-electron chi connectivity index (χ1n) is 10.4. The van der Waals surface area contributed by atoms with Crippen molar-refractivity contribution in [3.05, 3.63) is 35.1 Å². The van der Waals surface area contributed by atoms with Gasteiger partial charge in [0.2, 0.25) is 5.91 Å². The van der Waals surface area contributed by atoms with Gasteiger partial charge in [-0.1, -0.05) is 6.08 Å². The number of allylic oxidation sites excluding steroid dienone is 2. The SMILES string of the molecule is C/C=C(\C=N)CCC(=O)N1CCC[C@H](n2c([C@@H](C)O)nc3cnc4ccsc4c32)C1. The summed E-state index contributed by atoms with van der Waals surface area (Å²) in [6.45, 7) is 4.98. The molecule has 1 aliphatic heterocycles. The van der Waals surface area contributed by atoms with Crippen molar-refractivity contribution in [1.29, 1.82) is 5.41 Å². The number of hydrogen-bond acceptors (Lipinski definition) is 6. The number of carbonyl (C=O) groups is 1. The van der Waals surface area contributed by atoms with Crippen LogP contribution in [0.2, 0.25) is 0 Å². The molecule has 2 atom stereocenters. The van der Waals surface area contributed by atoms with Crippen LogP contribution < -0.4 is 0 Å². The smallest absolute Gasteiger partial charge is 0.222 e. The summed E-state index contributed by atoms with van der Waals surface area (Å²) < 4.78 is 3.22. The Kier molecular flexibility index (Phi) is 5.97. The Morgan fingerprint density at radius 3 is 3.00 bits per heavy atom. The van der Waals surface area contributed by atoms with E-state index in [4.69, 9.17) is 5.41 Å². The molecular formula is C22H27N5O2S. The van der Waals surface area contributed by atoms with Gasteiger partial charge in [-0.15, -0.1) is 11.3 Å². The number of imidazole rings is 1. The van der Waals surface area contributed by atoms with Crippen molar-refractivity contribution in [2.75, 3.05) is 13.1 Å². The average Bonchev–Trinajstić information content (AvgIpc) is 3.38. The molecule has 0 aromatic carbocycles. The number of fused-ring (bicyclic) bond motifs is 3. The minimum atomic E-state index is -0.705. The number of nitrogens with one attached hydrogen (secondary N) is 1. The van der Waals surface area contributed by atoms with Crippen molar-refractivity contribution < 1.29 is 9.90 Å². The quantitative estimate of drug-likeness (QED) is 0.578. The van der Waals surface area contributed by atoms with Gasteiger partial charge in [0, 0.05) is 25.7 Å². The van der Waals surface area contributed by atoms with Gasteiger partial charge in [-0.05, 0) is 50.1 Å². The molecule has 0 bridgehead atoms. The van der Waals surface area contributed by atoms with Gasteiger partial charge in [-0.3, -0.25) is 9.78 Å². The number of aliphatic hydroxyl groups excluding tert-OH is 1. The van der Waals surface area contributed by atoms with E-state index in [-0.39, 0.29) is 11.9 Å². The Morgan fingerprint density at radius 2 is 2.27 bits per heavy atom. The summed E-state index contributed by atoms with van der Waals surface area (Å²) >= 11 is 1.63. The zero-order valence-corrected chi connectivity index (χ0v) is 18.2. The number of carbonyl (C=O) groups excluding carboxylic acids is 1. The summed E-state index contributed by atoms with van der Waals surface area (Å²) in [5.41, 5.74) is 3.60. The van der Waals surface area contributed by atoms with Crippen LogP contribution in [0.5, 0.6) is 0 Å². The topological polar surface area (TPSA) is 95.1 Å². The molecule has 4 rings (SSSR count). The zero-order chi connectivity index (χ0) is 21.3. The molecule has 3 aromatic heterocycles. The lowest BCUT2D eigenvalue weighted by Gasteiger charge is -2.35. The number of hydrogen-bond donors (Lipinski definition) is 2. The first-order valence-corrected chi connectivity index (χ1v) is 11.3. The molecule has 0 unspecified atom stereocenters. The van der Waals surface area contributed by atoms with Gasteiger partial charge in [0.1, 0.15) is 17.4 Å². The van der Waals surface area contributed by atoms with Crippen LogP contribution in [0.25, 0.3) is 21.3 Å². The number of pyridine rings is 1. The molecular weight excluding hydrogens is 398 g/mol. The predicted octanol–water partition coefficient (Wildman–Crippen LogP) is 4.24. The summed E-state index contributed by atoms with van der Waals surface area (Å²) in [6, 6.07) is 2.06. The lowest BCUT2D eigenvalue weighted by Crippen LogP contribution is -2.41. The van der Waals surface area contributed by atoms with Crippen molar-refractivity contribution in [2.24, 2.45) is 0 Å². The Hall–Kier alpha value is -2.58. The molecule has 30 heavy (non-hydrogen) atoms. The van der Waals surface area contributed by atoms with Gasteiger partial charge in [0.25, 0.3) is 0 Å². The van der Waals surface area contributed by atoms with Crippen LogP contribution in [0, 0.1) is 5.41 Å². The number of aromatic nitrogens is 3. The standard InChI is InChI=1S/C22H27N5O2S/c1-3-15(11-23)6-7-19(29)26-9-4-5-16(13-26)27-20-18(25-22(27)14(2)28)12-24-17-8-10-30-21(17)20/h3,8,10-12,14,16,23,28H,4-7,9,13H2,1-2H3/b15-3-,23-11?/t14-,16+/m1/s1. The van der Waals surface area contributed by atoms with Crippen LogP contribution in [0.15, 0.2) is 29.3 Å². The number of nitrogens with zero attached hydrogens (tertiary/aromatic N) is 4. The maximum atomic E-state index is 12.8.